The Morgan fingerprint density at radius 3 is 2.63 bits per heavy atom. The molecule has 2 rings (SSSR count). The number of nitrogens with two attached hydrogens (primary N) is 1. The minimum absolute atomic E-state index is 0.185. The molecule has 3 N–H and O–H groups in total. The molecule has 5 nitrogen and oxygen atoms in total. The molecule has 0 radical (unpaired) electrons. The average molecular weight is 368 g/mol. The van der Waals surface area contributed by atoms with Gasteiger partial charge in [0.2, 0.25) is 5.91 Å². The summed E-state index contributed by atoms with van der Waals surface area (Å²) in [6, 6.07) is 12.3. The predicted octanol–water partition coefficient (Wildman–Crippen LogP) is 4.31. The second kappa shape index (κ2) is 10.3. The van der Waals surface area contributed by atoms with E-state index in [2.05, 4.69) is 13.5 Å². The number of ether oxygens (including phenoxy) is 1. The molecule has 2 aromatic carbocycles. The lowest BCUT2D eigenvalue weighted by Crippen LogP contribution is -2.31. The van der Waals surface area contributed by atoms with Gasteiger partial charge in [0.15, 0.2) is 0 Å². The fraction of sp³-hybridized carbons (Fsp3) is 0.318. The first-order chi connectivity index (χ1) is 13.0. The Morgan fingerprint density at radius 1 is 1.22 bits per heavy atom. The van der Waals surface area contributed by atoms with Crippen LogP contribution >= 0.6 is 0 Å². The molecule has 27 heavy (non-hydrogen) atoms. The van der Waals surface area contributed by atoms with Gasteiger partial charge in [-0.3, -0.25) is 4.79 Å². The molecule has 0 aliphatic heterocycles. The van der Waals surface area contributed by atoms with Crippen LogP contribution in [0.15, 0.2) is 55.1 Å². The number of rotatable bonds is 10. The van der Waals surface area contributed by atoms with Gasteiger partial charge in [0.25, 0.3) is 0 Å². The Bertz CT molecular complexity index is 757. The van der Waals surface area contributed by atoms with E-state index in [1.807, 2.05) is 18.2 Å². The fourth-order valence-corrected chi connectivity index (χ4v) is 2.73. The highest BCUT2D eigenvalue weighted by atomic mass is 16.5. The first-order valence-electron chi connectivity index (χ1n) is 9.29. The van der Waals surface area contributed by atoms with Gasteiger partial charge in [-0.1, -0.05) is 38.5 Å². The van der Waals surface area contributed by atoms with E-state index in [0.717, 1.165) is 30.5 Å². The molecule has 2 aromatic rings. The molecular weight excluding hydrogens is 340 g/mol. The van der Waals surface area contributed by atoms with Gasteiger partial charge in [-0.05, 0) is 48.7 Å². The van der Waals surface area contributed by atoms with Crippen LogP contribution in [0, 0.1) is 0 Å². The maximum absolute atomic E-state index is 12.4. The summed E-state index contributed by atoms with van der Waals surface area (Å²) >= 11 is 0. The van der Waals surface area contributed by atoms with Crippen molar-refractivity contribution in [1.29, 1.82) is 0 Å². The second-order valence-corrected chi connectivity index (χ2v) is 6.39. The Kier molecular flexibility index (Phi) is 7.74. The summed E-state index contributed by atoms with van der Waals surface area (Å²) in [7, 11) is 0. The maximum Gasteiger partial charge on any atom is 0.250 e. The van der Waals surface area contributed by atoms with Crippen molar-refractivity contribution in [3.05, 3.63) is 60.7 Å². The first kappa shape index (κ1) is 20.4. The highest BCUT2D eigenvalue weighted by Crippen LogP contribution is 2.28. The van der Waals surface area contributed by atoms with E-state index < -0.39 is 0 Å². The van der Waals surface area contributed by atoms with E-state index in [4.69, 9.17) is 10.5 Å². The molecule has 0 heterocycles. The zero-order chi connectivity index (χ0) is 19.6. The van der Waals surface area contributed by atoms with Crippen LogP contribution in [0.3, 0.4) is 0 Å². The normalized spacial score (nSPS) is 10.4. The van der Waals surface area contributed by atoms with Gasteiger partial charge >= 0.3 is 0 Å². The lowest BCUT2D eigenvalue weighted by Gasteiger charge is -2.23. The third kappa shape index (κ3) is 6.06. The summed E-state index contributed by atoms with van der Waals surface area (Å²) in [6.45, 7) is 6.83. The molecule has 0 fully saturated rings. The molecule has 0 bridgehead atoms. The van der Waals surface area contributed by atoms with Gasteiger partial charge in [-0.2, -0.15) is 0 Å². The number of nitrogen functional groups attached to an aromatic ring is 1. The highest BCUT2D eigenvalue weighted by molar-refractivity contribution is 6.01. The molecule has 0 atom stereocenters. The molecule has 5 heteroatoms. The number of phenolic OH excluding ortho intramolecular Hbond substituents is 1. The third-order valence-corrected chi connectivity index (χ3v) is 4.32. The van der Waals surface area contributed by atoms with Crippen molar-refractivity contribution in [1.82, 2.24) is 0 Å². The van der Waals surface area contributed by atoms with Crippen molar-refractivity contribution in [2.24, 2.45) is 0 Å². The number of aromatic hydroxyl groups is 1. The second-order valence-electron chi connectivity index (χ2n) is 6.39. The molecule has 0 saturated heterocycles. The topological polar surface area (TPSA) is 75.8 Å². The number of amides is 1. The molecule has 0 aromatic heterocycles. The summed E-state index contributed by atoms with van der Waals surface area (Å²) < 4.78 is 5.80. The number of benzene rings is 2. The smallest absolute Gasteiger partial charge is 0.250 e. The fourth-order valence-electron chi connectivity index (χ4n) is 2.73. The Morgan fingerprint density at radius 2 is 1.96 bits per heavy atom. The lowest BCUT2D eigenvalue weighted by atomic mass is 10.1. The van der Waals surface area contributed by atoms with Crippen LogP contribution in [0.25, 0.3) is 0 Å². The van der Waals surface area contributed by atoms with Gasteiger partial charge in [0, 0.05) is 18.3 Å². The number of anilines is 2. The summed E-state index contributed by atoms with van der Waals surface area (Å²) in [5.41, 5.74) is 8.32. The minimum Gasteiger partial charge on any atom is -0.508 e. The maximum atomic E-state index is 12.4. The highest BCUT2D eigenvalue weighted by Gasteiger charge is 2.15. The summed E-state index contributed by atoms with van der Waals surface area (Å²) in [5.74, 6) is 0.631. The van der Waals surface area contributed by atoms with Gasteiger partial charge in [-0.25, -0.2) is 0 Å². The van der Waals surface area contributed by atoms with E-state index >= 15 is 0 Å². The quantitative estimate of drug-likeness (QED) is 0.372. The third-order valence-electron chi connectivity index (χ3n) is 4.32. The van der Waals surface area contributed by atoms with Crippen molar-refractivity contribution in [2.75, 3.05) is 23.8 Å². The van der Waals surface area contributed by atoms with Gasteiger partial charge in [0.05, 0.1) is 12.3 Å². The van der Waals surface area contributed by atoms with Crippen molar-refractivity contribution < 1.29 is 14.6 Å². The largest absolute Gasteiger partial charge is 0.508 e. The van der Waals surface area contributed by atoms with Crippen molar-refractivity contribution in [3.63, 3.8) is 0 Å². The van der Waals surface area contributed by atoms with Crippen LogP contribution in [0.5, 0.6) is 11.5 Å². The Labute approximate surface area is 161 Å². The van der Waals surface area contributed by atoms with Gasteiger partial charge in [-0.15, -0.1) is 0 Å². The van der Waals surface area contributed by atoms with Crippen molar-refractivity contribution in [3.8, 4) is 11.5 Å². The molecular formula is C22H28N2O3. The lowest BCUT2D eigenvalue weighted by molar-refractivity contribution is -0.114. The average Bonchev–Trinajstić information content (AvgIpc) is 2.68. The molecule has 0 saturated carbocycles. The van der Waals surface area contributed by atoms with E-state index in [0.29, 0.717) is 31.0 Å². The van der Waals surface area contributed by atoms with Crippen LogP contribution in [0.1, 0.15) is 31.7 Å². The van der Waals surface area contributed by atoms with Crippen LogP contribution in [0.4, 0.5) is 11.4 Å². The monoisotopic (exact) mass is 368 g/mol. The SMILES string of the molecule is C=CC(=O)N(CCc1ccc(O)cc1)c1ccc(N)c(OCCCCC)c1. The van der Waals surface area contributed by atoms with Crippen LogP contribution < -0.4 is 15.4 Å². The number of hydrogen-bond donors (Lipinski definition) is 2. The molecule has 0 aliphatic rings. The Hall–Kier alpha value is -2.95. The van der Waals surface area contributed by atoms with Crippen molar-refractivity contribution in [2.45, 2.75) is 32.6 Å². The molecule has 0 unspecified atom stereocenters. The van der Waals surface area contributed by atoms with Gasteiger partial charge in [0.1, 0.15) is 11.5 Å². The van der Waals surface area contributed by atoms with E-state index in [1.54, 1.807) is 29.2 Å². The zero-order valence-corrected chi connectivity index (χ0v) is 15.9. The van der Waals surface area contributed by atoms with Crippen LogP contribution in [-0.2, 0) is 11.2 Å². The van der Waals surface area contributed by atoms with Gasteiger partial charge < -0.3 is 20.5 Å². The summed E-state index contributed by atoms with van der Waals surface area (Å²) in [6.07, 6.45) is 5.15. The number of nitrogens with zero attached hydrogens (tertiary/aromatic N) is 1. The Balaban J connectivity index is 2.13. The number of hydrogen-bond acceptors (Lipinski definition) is 4. The summed E-state index contributed by atoms with van der Waals surface area (Å²) in [4.78, 5) is 14.0. The molecule has 0 spiro atoms. The van der Waals surface area contributed by atoms with E-state index in [9.17, 15) is 9.90 Å². The minimum atomic E-state index is -0.185. The number of carbonyl (C=O) groups is 1. The van der Waals surface area contributed by atoms with Crippen LogP contribution in [-0.4, -0.2) is 24.2 Å². The van der Waals surface area contributed by atoms with Crippen LogP contribution in [0.2, 0.25) is 0 Å². The standard InChI is InChI=1S/C22H28N2O3/c1-3-5-6-15-27-21-16-18(9-12-20(21)23)24(22(26)4-2)14-13-17-7-10-19(25)11-8-17/h4,7-12,16,25H,2-3,5-6,13-15,23H2,1H3. The van der Waals surface area contributed by atoms with E-state index in [-0.39, 0.29) is 11.7 Å². The predicted molar refractivity (Wildman–Crippen MR) is 110 cm³/mol. The number of unbranched alkanes of at least 4 members (excludes halogenated alkanes) is 2. The number of carbonyl (C=O) groups excluding carboxylic acids is 1. The summed E-state index contributed by atoms with van der Waals surface area (Å²) in [5, 5.41) is 9.40. The number of phenols is 1. The molecule has 144 valence electrons. The van der Waals surface area contributed by atoms with Crippen molar-refractivity contribution >= 4 is 17.3 Å². The zero-order valence-electron chi connectivity index (χ0n) is 15.9. The van der Waals surface area contributed by atoms with E-state index in [1.165, 1.54) is 6.08 Å². The first-order valence-corrected chi connectivity index (χ1v) is 9.29. The molecule has 1 amide bonds. The molecule has 0 aliphatic carbocycles.